The van der Waals surface area contributed by atoms with Crippen LogP contribution in [0.5, 0.6) is 0 Å². The second-order valence-electron chi connectivity index (χ2n) is 2.74. The Balaban J connectivity index is 2.61. The first kappa shape index (κ1) is 7.47. The Morgan fingerprint density at radius 1 is 1.90 bits per heavy atom. The molecule has 0 saturated heterocycles. The number of alkyl halides is 1. The molecule has 0 aromatic heterocycles. The summed E-state index contributed by atoms with van der Waals surface area (Å²) in [7, 11) is 0. The van der Waals surface area contributed by atoms with Crippen molar-refractivity contribution >= 4 is 5.97 Å². The van der Waals surface area contributed by atoms with Gasteiger partial charge in [0.1, 0.15) is 5.54 Å². The number of carboxylic acids is 1. The molecule has 0 heterocycles. The van der Waals surface area contributed by atoms with Gasteiger partial charge in [-0.25, -0.2) is 0 Å². The van der Waals surface area contributed by atoms with Gasteiger partial charge in [0.25, 0.3) is 0 Å². The van der Waals surface area contributed by atoms with Crippen LogP contribution < -0.4 is 5.73 Å². The van der Waals surface area contributed by atoms with E-state index in [9.17, 15) is 9.18 Å². The van der Waals surface area contributed by atoms with Gasteiger partial charge >= 0.3 is 5.97 Å². The minimum Gasteiger partial charge on any atom is -0.480 e. The summed E-state index contributed by atoms with van der Waals surface area (Å²) in [5.41, 5.74) is 4.09. The Bertz CT molecular complexity index is 160. The predicted octanol–water partition coefficient (Wildman–Crippen LogP) is 0.148. The maximum absolute atomic E-state index is 12.0. The number of aliphatic carboxylic acids is 1. The second-order valence-corrected chi connectivity index (χ2v) is 2.74. The average Bonchev–Trinajstić information content (AvgIpc) is 1.85. The molecule has 0 bridgehead atoms. The van der Waals surface area contributed by atoms with Crippen molar-refractivity contribution in [3.63, 3.8) is 0 Å². The van der Waals surface area contributed by atoms with Gasteiger partial charge in [-0.1, -0.05) is 0 Å². The van der Waals surface area contributed by atoms with Gasteiger partial charge in [-0.2, -0.15) is 0 Å². The SMILES string of the molecule is N[C@]1(C(=O)O)CCC1C[18F]. The monoisotopic (exact) mass is 146 g/mol. The molecule has 2 atom stereocenters. The molecular formula is C6H10FNO2. The van der Waals surface area contributed by atoms with Crippen molar-refractivity contribution in [3.05, 3.63) is 0 Å². The summed E-state index contributed by atoms with van der Waals surface area (Å²) in [6.45, 7) is -0.622. The molecule has 4 heteroatoms. The Hall–Kier alpha value is -0.640. The summed E-state index contributed by atoms with van der Waals surface area (Å²) in [4.78, 5) is 10.4. The fourth-order valence-electron chi connectivity index (χ4n) is 1.16. The molecule has 1 unspecified atom stereocenters. The number of halogens is 1. The summed E-state index contributed by atoms with van der Waals surface area (Å²) >= 11 is 0. The Kier molecular flexibility index (Phi) is 1.64. The van der Waals surface area contributed by atoms with Crippen molar-refractivity contribution in [1.82, 2.24) is 0 Å². The lowest BCUT2D eigenvalue weighted by Crippen LogP contribution is -2.61. The molecule has 1 fully saturated rings. The molecule has 58 valence electrons. The van der Waals surface area contributed by atoms with E-state index in [-0.39, 0.29) is 0 Å². The van der Waals surface area contributed by atoms with Crippen molar-refractivity contribution in [2.45, 2.75) is 18.4 Å². The van der Waals surface area contributed by atoms with Crippen LogP contribution in [0.3, 0.4) is 0 Å². The second kappa shape index (κ2) is 2.20. The Morgan fingerprint density at radius 3 is 2.60 bits per heavy atom. The van der Waals surface area contributed by atoms with Gasteiger partial charge < -0.3 is 10.8 Å². The molecule has 1 rings (SSSR count). The molecule has 0 aliphatic heterocycles. The number of rotatable bonds is 2. The number of hydrogen-bond acceptors (Lipinski definition) is 2. The normalized spacial score (nSPS) is 38.8. The fourth-order valence-corrected chi connectivity index (χ4v) is 1.16. The summed E-state index contributed by atoms with van der Waals surface area (Å²) in [6.07, 6.45) is 0.996. The van der Waals surface area contributed by atoms with Crippen molar-refractivity contribution in [3.8, 4) is 0 Å². The van der Waals surface area contributed by atoms with Crippen LogP contribution in [0.25, 0.3) is 0 Å². The van der Waals surface area contributed by atoms with E-state index >= 15 is 0 Å². The summed E-state index contributed by atoms with van der Waals surface area (Å²) in [5, 5.41) is 8.50. The van der Waals surface area contributed by atoms with Crippen molar-refractivity contribution in [1.29, 1.82) is 0 Å². The number of nitrogens with two attached hydrogens (primary N) is 1. The van der Waals surface area contributed by atoms with E-state index in [1.807, 2.05) is 0 Å². The first-order valence-electron chi connectivity index (χ1n) is 3.19. The summed E-state index contributed by atoms with van der Waals surface area (Å²) < 4.78 is 12.0. The van der Waals surface area contributed by atoms with Gasteiger partial charge in [0, 0.05) is 5.92 Å². The largest absolute Gasteiger partial charge is 0.480 e. The highest BCUT2D eigenvalue weighted by molar-refractivity contribution is 5.80. The van der Waals surface area contributed by atoms with E-state index in [1.165, 1.54) is 0 Å². The quantitative estimate of drug-likeness (QED) is 0.582. The lowest BCUT2D eigenvalue weighted by atomic mass is 9.68. The lowest BCUT2D eigenvalue weighted by molar-refractivity contribution is -0.151. The summed E-state index contributed by atoms with van der Waals surface area (Å²) in [6, 6.07) is 0. The molecule has 10 heavy (non-hydrogen) atoms. The smallest absolute Gasteiger partial charge is 0.324 e. The fraction of sp³-hybridized carbons (Fsp3) is 0.833. The van der Waals surface area contributed by atoms with Crippen molar-refractivity contribution < 1.29 is 14.3 Å². The number of carboxylic acid groups (broad SMARTS) is 1. The van der Waals surface area contributed by atoms with E-state index in [1.54, 1.807) is 0 Å². The minimum absolute atomic E-state index is 0.400. The molecule has 1 saturated carbocycles. The zero-order chi connectivity index (χ0) is 7.78. The van der Waals surface area contributed by atoms with Gasteiger partial charge in [0.2, 0.25) is 0 Å². The van der Waals surface area contributed by atoms with Gasteiger partial charge in [-0.05, 0) is 12.8 Å². The zero-order valence-corrected chi connectivity index (χ0v) is 5.51. The maximum atomic E-state index is 12.0. The van der Waals surface area contributed by atoms with E-state index < -0.39 is 24.1 Å². The van der Waals surface area contributed by atoms with E-state index in [2.05, 4.69) is 0 Å². The van der Waals surface area contributed by atoms with Crippen LogP contribution in [0, 0.1) is 5.92 Å². The molecular weight excluding hydrogens is 136 g/mol. The third-order valence-corrected chi connectivity index (χ3v) is 2.22. The third-order valence-electron chi connectivity index (χ3n) is 2.22. The highest BCUT2D eigenvalue weighted by Crippen LogP contribution is 2.36. The topological polar surface area (TPSA) is 63.3 Å². The van der Waals surface area contributed by atoms with E-state index in [0.717, 1.165) is 0 Å². The van der Waals surface area contributed by atoms with Gasteiger partial charge in [-0.3, -0.25) is 9.18 Å². The van der Waals surface area contributed by atoms with Crippen LogP contribution in [0.1, 0.15) is 12.8 Å². The van der Waals surface area contributed by atoms with E-state index in [0.29, 0.717) is 12.8 Å². The molecule has 0 aromatic carbocycles. The minimum atomic E-state index is -1.27. The lowest BCUT2D eigenvalue weighted by Gasteiger charge is -2.41. The molecule has 3 N–H and O–H groups in total. The highest BCUT2D eigenvalue weighted by atomic mass is 18.2. The molecule has 0 radical (unpaired) electrons. The zero-order valence-electron chi connectivity index (χ0n) is 5.51. The number of hydrogen-bond donors (Lipinski definition) is 2. The molecule has 0 spiro atoms. The average molecular weight is 146 g/mol. The van der Waals surface area contributed by atoms with Crippen LogP contribution in [0.2, 0.25) is 0 Å². The molecule has 1 aliphatic carbocycles. The summed E-state index contributed by atoms with van der Waals surface area (Å²) in [5.74, 6) is -1.55. The third kappa shape index (κ3) is 0.794. The maximum Gasteiger partial charge on any atom is 0.324 e. The van der Waals surface area contributed by atoms with Crippen LogP contribution in [-0.4, -0.2) is 23.3 Å². The van der Waals surface area contributed by atoms with Crippen LogP contribution in [0.15, 0.2) is 0 Å². The molecule has 3 nitrogen and oxygen atoms in total. The van der Waals surface area contributed by atoms with E-state index in [4.69, 9.17) is 10.8 Å². The molecule has 0 amide bonds. The number of carbonyl (C=O) groups is 1. The van der Waals surface area contributed by atoms with Gasteiger partial charge in [-0.15, -0.1) is 0 Å². The predicted molar refractivity (Wildman–Crippen MR) is 33.3 cm³/mol. The van der Waals surface area contributed by atoms with Crippen LogP contribution in [0.4, 0.5) is 4.39 Å². The van der Waals surface area contributed by atoms with Crippen LogP contribution >= 0.6 is 0 Å². The van der Waals surface area contributed by atoms with Crippen molar-refractivity contribution in [2.24, 2.45) is 11.7 Å². The van der Waals surface area contributed by atoms with Crippen molar-refractivity contribution in [2.75, 3.05) is 6.67 Å². The van der Waals surface area contributed by atoms with Crippen LogP contribution in [-0.2, 0) is 4.79 Å². The first-order chi connectivity index (χ1) is 4.61. The first-order valence-corrected chi connectivity index (χ1v) is 3.19. The Labute approximate surface area is 58.0 Å². The standard InChI is InChI=1S/C6H10FNO2/c7-3-4-1-2-6(4,8)5(9)10/h4H,1-3,8H2,(H,9,10)/t4?,6-/m1/s1/i7-1. The van der Waals surface area contributed by atoms with Gasteiger partial charge in [0.05, 0.1) is 6.67 Å². The highest BCUT2D eigenvalue weighted by Gasteiger charge is 2.49. The van der Waals surface area contributed by atoms with Gasteiger partial charge in [0.15, 0.2) is 0 Å². The molecule has 1 aliphatic rings. The molecule has 0 aromatic rings. The Morgan fingerprint density at radius 2 is 2.50 bits per heavy atom.